The molecule has 1 aromatic heterocycles. The molecule has 0 saturated carbocycles. The summed E-state index contributed by atoms with van der Waals surface area (Å²) in [6.45, 7) is 4.96. The highest BCUT2D eigenvalue weighted by Crippen LogP contribution is 2.14. The molecule has 2 rings (SSSR count). The fourth-order valence-electron chi connectivity index (χ4n) is 1.90. The van der Waals surface area contributed by atoms with Gasteiger partial charge >= 0.3 is 0 Å². The van der Waals surface area contributed by atoms with E-state index in [1.165, 1.54) is 5.69 Å². The van der Waals surface area contributed by atoms with Crippen molar-refractivity contribution in [3.05, 3.63) is 24.0 Å². The molecule has 2 N–H and O–H groups in total. The Kier molecular flexibility index (Phi) is 3.22. The number of H-pyrrole nitrogens is 1. The Labute approximate surface area is 84.9 Å². The highest BCUT2D eigenvalue weighted by atomic mass is 16.5. The molecule has 0 aromatic carbocycles. The molecule has 1 aliphatic rings. The average Bonchev–Trinajstić information content (AvgIpc) is 2.69. The van der Waals surface area contributed by atoms with Gasteiger partial charge in [-0.1, -0.05) is 6.92 Å². The highest BCUT2D eigenvalue weighted by Gasteiger charge is 2.20. The summed E-state index contributed by atoms with van der Waals surface area (Å²) in [6, 6.07) is 4.74. The molecule has 3 heteroatoms. The van der Waals surface area contributed by atoms with E-state index in [1.807, 2.05) is 12.3 Å². The minimum Gasteiger partial charge on any atom is -0.381 e. The van der Waals surface area contributed by atoms with Crippen molar-refractivity contribution in [2.75, 3.05) is 13.2 Å². The second kappa shape index (κ2) is 4.62. The SMILES string of the molecule is CC1COCCC1NCc1ccc[nH]1. The summed E-state index contributed by atoms with van der Waals surface area (Å²) >= 11 is 0. The third-order valence-electron chi connectivity index (χ3n) is 2.86. The second-order valence-corrected chi connectivity index (χ2v) is 4.02. The largest absolute Gasteiger partial charge is 0.381 e. The highest BCUT2D eigenvalue weighted by molar-refractivity contribution is 5.03. The molecule has 0 aliphatic carbocycles. The maximum atomic E-state index is 5.40. The predicted octanol–water partition coefficient (Wildman–Crippen LogP) is 1.53. The first-order valence-corrected chi connectivity index (χ1v) is 5.29. The molecular formula is C11H18N2O. The molecule has 1 aromatic rings. The summed E-state index contributed by atoms with van der Waals surface area (Å²) in [5.41, 5.74) is 1.25. The molecule has 0 radical (unpaired) electrons. The zero-order valence-electron chi connectivity index (χ0n) is 8.62. The molecule has 0 amide bonds. The van der Waals surface area contributed by atoms with E-state index in [9.17, 15) is 0 Å². The van der Waals surface area contributed by atoms with Gasteiger partial charge in [0.2, 0.25) is 0 Å². The van der Waals surface area contributed by atoms with Crippen molar-refractivity contribution in [1.29, 1.82) is 0 Å². The quantitative estimate of drug-likeness (QED) is 0.765. The van der Waals surface area contributed by atoms with Crippen molar-refractivity contribution in [3.8, 4) is 0 Å². The van der Waals surface area contributed by atoms with Crippen LogP contribution in [0.1, 0.15) is 19.0 Å². The summed E-state index contributed by atoms with van der Waals surface area (Å²) in [6.07, 6.45) is 3.09. The second-order valence-electron chi connectivity index (χ2n) is 4.02. The molecule has 2 unspecified atom stereocenters. The average molecular weight is 194 g/mol. The third-order valence-corrected chi connectivity index (χ3v) is 2.86. The van der Waals surface area contributed by atoms with E-state index in [0.717, 1.165) is 26.2 Å². The number of ether oxygens (including phenoxy) is 1. The van der Waals surface area contributed by atoms with Crippen molar-refractivity contribution < 1.29 is 4.74 Å². The van der Waals surface area contributed by atoms with Crippen molar-refractivity contribution in [2.24, 2.45) is 5.92 Å². The topological polar surface area (TPSA) is 37.0 Å². The van der Waals surface area contributed by atoms with Crippen LogP contribution >= 0.6 is 0 Å². The summed E-state index contributed by atoms with van der Waals surface area (Å²) < 4.78 is 5.40. The van der Waals surface area contributed by atoms with Crippen LogP contribution in [0.15, 0.2) is 18.3 Å². The van der Waals surface area contributed by atoms with Crippen LogP contribution in [-0.2, 0) is 11.3 Å². The maximum absolute atomic E-state index is 5.40. The van der Waals surface area contributed by atoms with Gasteiger partial charge in [-0.2, -0.15) is 0 Å². The summed E-state index contributed by atoms with van der Waals surface area (Å²) in [7, 11) is 0. The fraction of sp³-hybridized carbons (Fsp3) is 0.636. The molecule has 78 valence electrons. The van der Waals surface area contributed by atoms with Gasteiger partial charge < -0.3 is 15.0 Å². The standard InChI is InChI=1S/C11H18N2O/c1-9-8-14-6-4-11(9)13-7-10-3-2-5-12-10/h2-3,5,9,11-13H,4,6-8H2,1H3. The van der Waals surface area contributed by atoms with E-state index in [0.29, 0.717) is 12.0 Å². The Morgan fingerprint density at radius 1 is 1.64 bits per heavy atom. The first-order chi connectivity index (χ1) is 6.86. The summed E-state index contributed by atoms with van der Waals surface area (Å²) in [4.78, 5) is 3.20. The molecule has 14 heavy (non-hydrogen) atoms. The Balaban J connectivity index is 1.79. The van der Waals surface area contributed by atoms with Crippen LogP contribution < -0.4 is 5.32 Å². The van der Waals surface area contributed by atoms with E-state index < -0.39 is 0 Å². The smallest absolute Gasteiger partial charge is 0.0506 e. The minimum atomic E-state index is 0.604. The molecular weight excluding hydrogens is 176 g/mol. The lowest BCUT2D eigenvalue weighted by Crippen LogP contribution is -2.41. The van der Waals surface area contributed by atoms with Gasteiger partial charge in [0.25, 0.3) is 0 Å². The monoisotopic (exact) mass is 194 g/mol. The predicted molar refractivity (Wildman–Crippen MR) is 56.0 cm³/mol. The normalized spacial score (nSPS) is 27.8. The number of nitrogens with one attached hydrogen (secondary N) is 2. The van der Waals surface area contributed by atoms with Crippen molar-refractivity contribution >= 4 is 0 Å². The van der Waals surface area contributed by atoms with E-state index in [4.69, 9.17) is 4.74 Å². The van der Waals surface area contributed by atoms with Crippen LogP contribution in [0, 0.1) is 5.92 Å². The van der Waals surface area contributed by atoms with Crippen LogP contribution in [0.2, 0.25) is 0 Å². The molecule has 3 nitrogen and oxygen atoms in total. The van der Waals surface area contributed by atoms with Gasteiger partial charge in [0.1, 0.15) is 0 Å². The van der Waals surface area contributed by atoms with Gasteiger partial charge in [0.15, 0.2) is 0 Å². The van der Waals surface area contributed by atoms with Crippen LogP contribution in [0.5, 0.6) is 0 Å². The van der Waals surface area contributed by atoms with Gasteiger partial charge in [-0.05, 0) is 24.5 Å². The van der Waals surface area contributed by atoms with E-state index in [-0.39, 0.29) is 0 Å². The molecule has 0 bridgehead atoms. The zero-order valence-corrected chi connectivity index (χ0v) is 8.62. The molecule has 1 saturated heterocycles. The third kappa shape index (κ3) is 2.36. The lowest BCUT2D eigenvalue weighted by molar-refractivity contribution is 0.0385. The first-order valence-electron chi connectivity index (χ1n) is 5.29. The minimum absolute atomic E-state index is 0.604. The van der Waals surface area contributed by atoms with E-state index in [1.54, 1.807) is 0 Å². The van der Waals surface area contributed by atoms with Crippen LogP contribution in [0.4, 0.5) is 0 Å². The number of hydrogen-bond acceptors (Lipinski definition) is 2. The van der Waals surface area contributed by atoms with Crippen molar-refractivity contribution in [3.63, 3.8) is 0 Å². The van der Waals surface area contributed by atoms with E-state index >= 15 is 0 Å². The molecule has 1 aliphatic heterocycles. The van der Waals surface area contributed by atoms with Gasteiger partial charge in [-0.15, -0.1) is 0 Å². The Morgan fingerprint density at radius 3 is 3.29 bits per heavy atom. The summed E-state index contributed by atoms with van der Waals surface area (Å²) in [5, 5.41) is 3.56. The Bertz CT molecular complexity index is 258. The van der Waals surface area contributed by atoms with Gasteiger partial charge in [-0.25, -0.2) is 0 Å². The van der Waals surface area contributed by atoms with Crippen LogP contribution in [0.25, 0.3) is 0 Å². The molecule has 0 spiro atoms. The zero-order chi connectivity index (χ0) is 9.80. The number of rotatable bonds is 3. The molecule has 1 fully saturated rings. The Morgan fingerprint density at radius 2 is 2.57 bits per heavy atom. The fourth-order valence-corrected chi connectivity index (χ4v) is 1.90. The lowest BCUT2D eigenvalue weighted by Gasteiger charge is -2.29. The van der Waals surface area contributed by atoms with Gasteiger partial charge in [0.05, 0.1) is 6.61 Å². The lowest BCUT2D eigenvalue weighted by atomic mass is 9.98. The molecule has 2 atom stereocenters. The number of aromatic amines is 1. The Hall–Kier alpha value is -0.800. The number of aromatic nitrogens is 1. The van der Waals surface area contributed by atoms with Crippen molar-refractivity contribution in [2.45, 2.75) is 25.9 Å². The first kappa shape index (κ1) is 9.74. The van der Waals surface area contributed by atoms with Crippen LogP contribution in [-0.4, -0.2) is 24.2 Å². The van der Waals surface area contributed by atoms with Gasteiger partial charge in [0, 0.05) is 31.1 Å². The maximum Gasteiger partial charge on any atom is 0.0506 e. The summed E-state index contributed by atoms with van der Waals surface area (Å²) in [5.74, 6) is 0.624. The van der Waals surface area contributed by atoms with E-state index in [2.05, 4.69) is 23.3 Å². The molecule has 2 heterocycles. The van der Waals surface area contributed by atoms with Crippen molar-refractivity contribution in [1.82, 2.24) is 10.3 Å². The van der Waals surface area contributed by atoms with Crippen LogP contribution in [0.3, 0.4) is 0 Å². The van der Waals surface area contributed by atoms with Gasteiger partial charge in [-0.3, -0.25) is 0 Å². The number of hydrogen-bond donors (Lipinski definition) is 2.